The van der Waals surface area contributed by atoms with E-state index in [1.807, 2.05) is 18.7 Å². The normalized spacial score (nSPS) is 20.6. The fourth-order valence-corrected chi connectivity index (χ4v) is 4.31. The summed E-state index contributed by atoms with van der Waals surface area (Å²) in [6.07, 6.45) is 2.58. The van der Waals surface area contributed by atoms with Gasteiger partial charge in [-0.1, -0.05) is 0 Å². The molecule has 1 unspecified atom stereocenters. The number of hydrogen-bond donors (Lipinski definition) is 3. The minimum Gasteiger partial charge on any atom is -0.396 e. The zero-order valence-corrected chi connectivity index (χ0v) is 15.9. The molecule has 2 fully saturated rings. The molecule has 0 amide bonds. The van der Waals surface area contributed by atoms with Crippen LogP contribution in [0.1, 0.15) is 44.7 Å². The molecular formula is C19H26FN5O2. The van der Waals surface area contributed by atoms with Crippen LogP contribution in [-0.2, 0) is 0 Å². The number of rotatable bonds is 3. The van der Waals surface area contributed by atoms with E-state index in [0.717, 1.165) is 19.3 Å². The van der Waals surface area contributed by atoms with Crippen molar-refractivity contribution in [3.8, 4) is 0 Å². The van der Waals surface area contributed by atoms with Crippen LogP contribution in [0.3, 0.4) is 0 Å². The van der Waals surface area contributed by atoms with E-state index in [9.17, 15) is 9.59 Å². The molecule has 1 saturated heterocycles. The van der Waals surface area contributed by atoms with Crippen LogP contribution < -0.4 is 27.6 Å². The summed E-state index contributed by atoms with van der Waals surface area (Å²) in [5.41, 5.74) is 12.1. The van der Waals surface area contributed by atoms with Gasteiger partial charge in [-0.25, -0.2) is 9.18 Å². The van der Waals surface area contributed by atoms with Gasteiger partial charge >= 0.3 is 5.69 Å². The number of anilines is 2. The molecular weight excluding hydrogens is 349 g/mol. The van der Waals surface area contributed by atoms with Crippen molar-refractivity contribution in [2.45, 2.75) is 51.6 Å². The molecule has 2 aromatic rings. The number of aryl methyl sites for hydroxylation is 1. The molecule has 2 aliphatic rings. The summed E-state index contributed by atoms with van der Waals surface area (Å²) in [6.45, 7) is 6.99. The van der Waals surface area contributed by atoms with Gasteiger partial charge in [0.25, 0.3) is 5.56 Å². The van der Waals surface area contributed by atoms with Crippen LogP contribution in [-0.4, -0.2) is 28.2 Å². The predicted molar refractivity (Wildman–Crippen MR) is 105 cm³/mol. The van der Waals surface area contributed by atoms with Gasteiger partial charge in [0.2, 0.25) is 0 Å². The summed E-state index contributed by atoms with van der Waals surface area (Å²) in [6, 6.07) is 0.0302. The van der Waals surface area contributed by atoms with Gasteiger partial charge in [-0.15, -0.1) is 0 Å². The third-order valence-electron chi connectivity index (χ3n) is 6.04. The third kappa shape index (κ3) is 2.74. The summed E-state index contributed by atoms with van der Waals surface area (Å²) in [7, 11) is 0. The van der Waals surface area contributed by atoms with Crippen LogP contribution in [0.5, 0.6) is 0 Å². The zero-order chi connectivity index (χ0) is 19.7. The van der Waals surface area contributed by atoms with Gasteiger partial charge in [0.05, 0.1) is 22.3 Å². The van der Waals surface area contributed by atoms with Gasteiger partial charge in [0.15, 0.2) is 5.82 Å². The minimum absolute atomic E-state index is 0.0302. The van der Waals surface area contributed by atoms with E-state index in [1.165, 1.54) is 0 Å². The molecule has 1 aromatic heterocycles. The summed E-state index contributed by atoms with van der Waals surface area (Å²) in [4.78, 5) is 29.1. The highest BCUT2D eigenvalue weighted by molar-refractivity contribution is 5.97. The first-order chi connectivity index (χ1) is 12.6. The van der Waals surface area contributed by atoms with E-state index in [2.05, 4.69) is 4.98 Å². The van der Waals surface area contributed by atoms with E-state index in [1.54, 1.807) is 11.5 Å². The largest absolute Gasteiger partial charge is 0.396 e. The maximum atomic E-state index is 15.3. The van der Waals surface area contributed by atoms with Crippen molar-refractivity contribution in [3.05, 3.63) is 32.2 Å². The number of benzene rings is 1. The number of nitrogens with one attached hydrogen (secondary N) is 1. The second-order valence-electron chi connectivity index (χ2n) is 8.54. The summed E-state index contributed by atoms with van der Waals surface area (Å²) in [5.74, 6) is -0.375. The molecule has 8 heteroatoms. The molecule has 7 nitrogen and oxygen atoms in total. The fourth-order valence-electron chi connectivity index (χ4n) is 4.31. The number of hydrogen-bond acceptors (Lipinski definition) is 5. The van der Waals surface area contributed by atoms with E-state index in [-0.39, 0.29) is 28.6 Å². The minimum atomic E-state index is -0.639. The van der Waals surface area contributed by atoms with Gasteiger partial charge in [0, 0.05) is 30.2 Å². The monoisotopic (exact) mass is 375 g/mol. The number of nitrogens with zero attached hydrogens (tertiary/aromatic N) is 2. The highest BCUT2D eigenvalue weighted by Crippen LogP contribution is 2.42. The number of nitrogen functional groups attached to an aromatic ring is 1. The molecule has 0 spiro atoms. The highest BCUT2D eigenvalue weighted by atomic mass is 19.1. The first-order valence-corrected chi connectivity index (χ1v) is 9.41. The molecule has 1 aromatic carbocycles. The Morgan fingerprint density at radius 2 is 1.89 bits per heavy atom. The Balaban J connectivity index is 1.97. The first-order valence-electron chi connectivity index (χ1n) is 9.41. The topological polar surface area (TPSA) is 110 Å². The van der Waals surface area contributed by atoms with Crippen LogP contribution in [0.4, 0.5) is 15.8 Å². The van der Waals surface area contributed by atoms with Crippen LogP contribution in [0.15, 0.2) is 9.59 Å². The lowest BCUT2D eigenvalue weighted by Gasteiger charge is -2.29. The molecule has 1 aliphatic carbocycles. The Labute approximate surface area is 156 Å². The van der Waals surface area contributed by atoms with E-state index < -0.39 is 17.1 Å². The Morgan fingerprint density at radius 3 is 2.44 bits per heavy atom. The quantitative estimate of drug-likeness (QED) is 0.706. The van der Waals surface area contributed by atoms with Gasteiger partial charge in [-0.2, -0.15) is 0 Å². The maximum Gasteiger partial charge on any atom is 0.329 e. The Morgan fingerprint density at radius 1 is 1.22 bits per heavy atom. The van der Waals surface area contributed by atoms with Gasteiger partial charge in [-0.05, 0) is 46.0 Å². The van der Waals surface area contributed by atoms with E-state index in [4.69, 9.17) is 11.5 Å². The smallest absolute Gasteiger partial charge is 0.329 e. The molecule has 0 radical (unpaired) electrons. The number of aromatic nitrogens is 2. The second kappa shape index (κ2) is 5.82. The SMILES string of the molecule is Cc1c(N2CCC(C(C)(C)N)C2)c(F)c(N)c2c(=O)[nH]c(=O)n(C3CC3)c12. The van der Waals surface area contributed by atoms with Crippen molar-refractivity contribution in [2.24, 2.45) is 11.7 Å². The molecule has 1 aliphatic heterocycles. The van der Waals surface area contributed by atoms with Gasteiger partial charge < -0.3 is 16.4 Å². The lowest BCUT2D eigenvalue weighted by Crippen LogP contribution is -2.42. The van der Waals surface area contributed by atoms with Crippen molar-refractivity contribution in [1.82, 2.24) is 9.55 Å². The Kier molecular flexibility index (Phi) is 3.89. The lowest BCUT2D eigenvalue weighted by atomic mass is 9.88. The summed E-state index contributed by atoms with van der Waals surface area (Å²) < 4.78 is 16.8. The van der Waals surface area contributed by atoms with E-state index in [0.29, 0.717) is 29.9 Å². The van der Waals surface area contributed by atoms with Crippen LogP contribution in [0.2, 0.25) is 0 Å². The summed E-state index contributed by atoms with van der Waals surface area (Å²) >= 11 is 0. The second-order valence-corrected chi connectivity index (χ2v) is 8.54. The number of halogens is 1. The van der Waals surface area contributed by atoms with E-state index >= 15 is 4.39 Å². The average molecular weight is 375 g/mol. The average Bonchev–Trinajstić information content (AvgIpc) is 3.27. The number of nitrogens with two attached hydrogens (primary N) is 2. The van der Waals surface area contributed by atoms with Gasteiger partial charge in [-0.3, -0.25) is 14.3 Å². The maximum absolute atomic E-state index is 15.3. The fraction of sp³-hybridized carbons (Fsp3) is 0.579. The number of H-pyrrole nitrogens is 1. The molecule has 5 N–H and O–H groups in total. The van der Waals surface area contributed by atoms with Crippen molar-refractivity contribution in [3.63, 3.8) is 0 Å². The van der Waals surface area contributed by atoms with Crippen molar-refractivity contribution >= 4 is 22.3 Å². The van der Waals surface area contributed by atoms with Crippen LogP contribution in [0.25, 0.3) is 10.9 Å². The van der Waals surface area contributed by atoms with Crippen LogP contribution in [0, 0.1) is 18.7 Å². The first kappa shape index (κ1) is 18.0. The molecule has 1 atom stereocenters. The molecule has 2 heterocycles. The Bertz CT molecular complexity index is 1050. The number of fused-ring (bicyclic) bond motifs is 1. The highest BCUT2D eigenvalue weighted by Gasteiger charge is 2.36. The zero-order valence-electron chi connectivity index (χ0n) is 15.9. The molecule has 1 saturated carbocycles. The van der Waals surface area contributed by atoms with Crippen molar-refractivity contribution < 1.29 is 4.39 Å². The van der Waals surface area contributed by atoms with Crippen LogP contribution >= 0.6 is 0 Å². The summed E-state index contributed by atoms with van der Waals surface area (Å²) in [5, 5.41) is 0.0650. The lowest BCUT2D eigenvalue weighted by molar-refractivity contribution is 0.348. The molecule has 27 heavy (non-hydrogen) atoms. The Hall–Kier alpha value is -2.35. The van der Waals surface area contributed by atoms with Gasteiger partial charge in [0.1, 0.15) is 0 Å². The number of aromatic amines is 1. The standard InChI is InChI=1S/C19H26FN5O2/c1-9-15-12(17(26)23-18(27)25(15)11-4-5-11)14(21)13(20)16(9)24-7-6-10(8-24)19(2,3)22/h10-11H,4-8,21-22H2,1-3H3,(H,23,26,27). The molecule has 4 rings (SSSR count). The molecule has 0 bridgehead atoms. The van der Waals surface area contributed by atoms with Crippen molar-refractivity contribution in [2.75, 3.05) is 23.7 Å². The molecule has 146 valence electrons. The predicted octanol–water partition coefficient (Wildman–Crippen LogP) is 1.62. The third-order valence-corrected chi connectivity index (χ3v) is 6.04. The van der Waals surface area contributed by atoms with Crippen molar-refractivity contribution in [1.29, 1.82) is 0 Å².